The number of quaternary nitrogens is 1. The molecule has 2 aromatic carbocycles. The first-order chi connectivity index (χ1) is 12.8. The second-order valence-electron chi connectivity index (χ2n) is 6.94. The smallest absolute Gasteiger partial charge is 0.266 e. The molecule has 0 bridgehead atoms. The van der Waals surface area contributed by atoms with Crippen LogP contribution in [0.5, 0.6) is 0 Å². The Kier molecular flexibility index (Phi) is 5.53. The van der Waals surface area contributed by atoms with Crippen LogP contribution < -0.4 is 9.80 Å². The third-order valence-corrected chi connectivity index (χ3v) is 5.33. The SMILES string of the molecule is Cc1cc(C)c2nc(N(CC[NH+](C)C)C(=O)c3c(F)cccc3F)sc2c1. The van der Waals surface area contributed by atoms with Crippen molar-refractivity contribution in [3.8, 4) is 0 Å². The number of hydrogen-bond donors (Lipinski definition) is 1. The van der Waals surface area contributed by atoms with Gasteiger partial charge < -0.3 is 4.90 Å². The van der Waals surface area contributed by atoms with E-state index in [2.05, 4.69) is 4.98 Å². The van der Waals surface area contributed by atoms with Crippen molar-refractivity contribution in [1.82, 2.24) is 4.98 Å². The van der Waals surface area contributed by atoms with Crippen molar-refractivity contribution in [3.63, 3.8) is 0 Å². The highest BCUT2D eigenvalue weighted by Crippen LogP contribution is 2.32. The molecular weight excluding hydrogens is 368 g/mol. The molecule has 0 aliphatic heterocycles. The highest BCUT2D eigenvalue weighted by Gasteiger charge is 2.27. The standard InChI is InChI=1S/C20H21F2N3OS/c1-12-10-13(2)18-16(11-12)27-20(23-18)25(9-8-24(3)4)19(26)17-14(21)6-5-7-15(17)22/h5-7,10-11H,8-9H2,1-4H3/p+1. The van der Waals surface area contributed by atoms with E-state index in [9.17, 15) is 13.6 Å². The minimum Gasteiger partial charge on any atom is -0.338 e. The number of aryl methyl sites for hydroxylation is 2. The van der Waals surface area contributed by atoms with Gasteiger partial charge in [-0.05, 0) is 43.2 Å². The summed E-state index contributed by atoms with van der Waals surface area (Å²) in [5.41, 5.74) is 2.38. The molecule has 0 fully saturated rings. The van der Waals surface area contributed by atoms with Gasteiger partial charge in [-0.25, -0.2) is 13.8 Å². The summed E-state index contributed by atoms with van der Waals surface area (Å²) in [6.07, 6.45) is 0. The Balaban J connectivity index is 2.08. The monoisotopic (exact) mass is 390 g/mol. The Morgan fingerprint density at radius 1 is 1.19 bits per heavy atom. The zero-order chi connectivity index (χ0) is 19.7. The Hall–Kier alpha value is -2.38. The number of carbonyl (C=O) groups is 1. The van der Waals surface area contributed by atoms with Crippen LogP contribution in [0.1, 0.15) is 21.5 Å². The molecule has 0 saturated heterocycles. The molecule has 1 aromatic heterocycles. The minimum absolute atomic E-state index is 0.312. The summed E-state index contributed by atoms with van der Waals surface area (Å²) in [4.78, 5) is 20.1. The second kappa shape index (κ2) is 7.70. The van der Waals surface area contributed by atoms with Gasteiger partial charge in [0.2, 0.25) is 0 Å². The van der Waals surface area contributed by atoms with Gasteiger partial charge in [0.15, 0.2) is 5.13 Å². The van der Waals surface area contributed by atoms with Crippen molar-refractivity contribution >= 4 is 32.6 Å². The van der Waals surface area contributed by atoms with E-state index in [1.807, 2.05) is 40.1 Å². The molecular formula is C20H22F2N3OS+. The van der Waals surface area contributed by atoms with Crippen LogP contribution in [0, 0.1) is 25.5 Å². The predicted molar refractivity (Wildman–Crippen MR) is 105 cm³/mol. The number of thiazole rings is 1. The number of fused-ring (bicyclic) bond motifs is 1. The normalized spacial score (nSPS) is 11.4. The average Bonchev–Trinajstić information content (AvgIpc) is 2.98. The van der Waals surface area contributed by atoms with Crippen LogP contribution >= 0.6 is 11.3 Å². The summed E-state index contributed by atoms with van der Waals surface area (Å²) >= 11 is 1.36. The van der Waals surface area contributed by atoms with Crippen molar-refractivity contribution < 1.29 is 18.5 Å². The zero-order valence-corrected chi connectivity index (χ0v) is 16.6. The highest BCUT2D eigenvalue weighted by molar-refractivity contribution is 7.22. The van der Waals surface area contributed by atoms with Gasteiger partial charge >= 0.3 is 0 Å². The third-order valence-electron chi connectivity index (χ3n) is 4.31. The molecule has 0 saturated carbocycles. The number of benzene rings is 2. The molecule has 27 heavy (non-hydrogen) atoms. The quantitative estimate of drug-likeness (QED) is 0.727. The summed E-state index contributed by atoms with van der Waals surface area (Å²) in [6.45, 7) is 4.90. The molecule has 0 aliphatic rings. The number of carbonyl (C=O) groups excluding carboxylic acids is 1. The van der Waals surface area contributed by atoms with Gasteiger partial charge in [-0.15, -0.1) is 0 Å². The van der Waals surface area contributed by atoms with Crippen LogP contribution in [0.25, 0.3) is 10.2 Å². The number of nitrogens with one attached hydrogen (secondary N) is 1. The van der Waals surface area contributed by atoms with Crippen LogP contribution in [0.15, 0.2) is 30.3 Å². The number of hydrogen-bond acceptors (Lipinski definition) is 3. The summed E-state index contributed by atoms with van der Waals surface area (Å²) in [5, 5.41) is 0.451. The van der Waals surface area contributed by atoms with E-state index < -0.39 is 23.1 Å². The van der Waals surface area contributed by atoms with Crippen LogP contribution in [0.2, 0.25) is 0 Å². The first-order valence-corrected chi connectivity index (χ1v) is 9.52. The fourth-order valence-electron chi connectivity index (χ4n) is 2.93. The van der Waals surface area contributed by atoms with E-state index in [4.69, 9.17) is 0 Å². The molecule has 3 aromatic rings. The van der Waals surface area contributed by atoms with Gasteiger partial charge in [0.05, 0.1) is 37.4 Å². The van der Waals surface area contributed by atoms with E-state index in [0.717, 1.165) is 38.4 Å². The molecule has 1 amide bonds. The molecule has 7 heteroatoms. The first kappa shape index (κ1) is 19.4. The third kappa shape index (κ3) is 3.99. The lowest BCUT2D eigenvalue weighted by molar-refractivity contribution is -0.856. The number of anilines is 1. The number of aromatic nitrogens is 1. The molecule has 1 N–H and O–H groups in total. The lowest BCUT2D eigenvalue weighted by atomic mass is 10.1. The highest BCUT2D eigenvalue weighted by atomic mass is 32.1. The predicted octanol–water partition coefficient (Wildman–Crippen LogP) is 2.98. The lowest BCUT2D eigenvalue weighted by Gasteiger charge is -2.21. The topological polar surface area (TPSA) is 37.6 Å². The number of amides is 1. The molecule has 4 nitrogen and oxygen atoms in total. The van der Waals surface area contributed by atoms with Gasteiger partial charge in [-0.1, -0.05) is 23.5 Å². The van der Waals surface area contributed by atoms with Crippen LogP contribution in [-0.4, -0.2) is 38.1 Å². The minimum atomic E-state index is -0.865. The van der Waals surface area contributed by atoms with Gasteiger partial charge in [-0.3, -0.25) is 9.69 Å². The summed E-state index contributed by atoms with van der Waals surface area (Å²) in [6, 6.07) is 7.47. The molecule has 0 atom stereocenters. The maximum atomic E-state index is 14.2. The fourth-order valence-corrected chi connectivity index (χ4v) is 4.10. The van der Waals surface area contributed by atoms with E-state index in [0.29, 0.717) is 18.2 Å². The van der Waals surface area contributed by atoms with Crippen LogP contribution in [-0.2, 0) is 0 Å². The van der Waals surface area contributed by atoms with Gasteiger partial charge in [0.1, 0.15) is 17.2 Å². The molecule has 142 valence electrons. The van der Waals surface area contributed by atoms with Crippen molar-refractivity contribution in [1.29, 1.82) is 0 Å². The van der Waals surface area contributed by atoms with Gasteiger partial charge in [-0.2, -0.15) is 0 Å². The van der Waals surface area contributed by atoms with Crippen LogP contribution in [0.3, 0.4) is 0 Å². The largest absolute Gasteiger partial charge is 0.338 e. The maximum Gasteiger partial charge on any atom is 0.266 e. The first-order valence-electron chi connectivity index (χ1n) is 8.70. The van der Waals surface area contributed by atoms with E-state index in [1.165, 1.54) is 22.3 Å². The Morgan fingerprint density at radius 2 is 1.85 bits per heavy atom. The Morgan fingerprint density at radius 3 is 2.48 bits per heavy atom. The molecule has 0 aliphatic carbocycles. The lowest BCUT2D eigenvalue weighted by Crippen LogP contribution is -3.06. The molecule has 3 rings (SSSR count). The van der Waals surface area contributed by atoms with Crippen molar-refractivity contribution in [2.75, 3.05) is 32.1 Å². The summed E-state index contributed by atoms with van der Waals surface area (Å²) in [5.74, 6) is -2.44. The fraction of sp³-hybridized carbons (Fsp3) is 0.300. The van der Waals surface area contributed by atoms with E-state index in [1.54, 1.807) is 0 Å². The Labute approximate surface area is 161 Å². The summed E-state index contributed by atoms with van der Waals surface area (Å²) in [7, 11) is 3.91. The second-order valence-corrected chi connectivity index (χ2v) is 7.94. The van der Waals surface area contributed by atoms with Crippen molar-refractivity contribution in [2.45, 2.75) is 13.8 Å². The van der Waals surface area contributed by atoms with Crippen molar-refractivity contribution in [2.24, 2.45) is 0 Å². The molecule has 1 heterocycles. The van der Waals surface area contributed by atoms with Crippen molar-refractivity contribution in [3.05, 3.63) is 58.7 Å². The summed E-state index contributed by atoms with van der Waals surface area (Å²) < 4.78 is 29.3. The average molecular weight is 390 g/mol. The Bertz CT molecular complexity index is 980. The molecule has 0 unspecified atom stereocenters. The number of likely N-dealkylation sites (N-methyl/N-ethyl adjacent to an activating group) is 1. The number of halogens is 2. The van der Waals surface area contributed by atoms with Gasteiger partial charge in [0.25, 0.3) is 5.91 Å². The molecule has 0 radical (unpaired) electrons. The van der Waals surface area contributed by atoms with E-state index in [-0.39, 0.29) is 0 Å². The number of nitrogens with zero attached hydrogens (tertiary/aromatic N) is 2. The van der Waals surface area contributed by atoms with Gasteiger partial charge in [0, 0.05) is 0 Å². The molecule has 0 spiro atoms. The number of rotatable bonds is 5. The van der Waals surface area contributed by atoms with Crippen LogP contribution in [0.4, 0.5) is 13.9 Å². The maximum absolute atomic E-state index is 14.2. The zero-order valence-electron chi connectivity index (χ0n) is 15.8. The van der Waals surface area contributed by atoms with E-state index >= 15 is 0 Å².